The molecule has 3 aromatic carbocycles. The van der Waals surface area contributed by atoms with Crippen LogP contribution >= 0.6 is 11.3 Å². The number of rotatable bonds is 14. The number of benzene rings is 3. The topological polar surface area (TPSA) is 178 Å². The first-order chi connectivity index (χ1) is 34.5. The number of carbonyl (C=O) groups is 4. The first-order valence-corrected chi connectivity index (χ1v) is 25.5. The maximum atomic E-state index is 14.3. The Morgan fingerprint density at radius 3 is 2.22 bits per heavy atom. The van der Waals surface area contributed by atoms with Crippen LogP contribution in [-0.4, -0.2) is 104 Å². The smallest absolute Gasteiger partial charge is 0.246 e. The van der Waals surface area contributed by atoms with Crippen LogP contribution in [0.1, 0.15) is 74.7 Å². The quantitative estimate of drug-likeness (QED) is 0.0775. The van der Waals surface area contributed by atoms with Crippen LogP contribution in [0.2, 0.25) is 0 Å². The van der Waals surface area contributed by atoms with Crippen molar-refractivity contribution in [3.63, 3.8) is 0 Å². The van der Waals surface area contributed by atoms with Crippen molar-refractivity contribution < 1.29 is 28.8 Å². The summed E-state index contributed by atoms with van der Waals surface area (Å²) in [4.78, 5) is 66.9. The van der Waals surface area contributed by atoms with Gasteiger partial charge in [-0.05, 0) is 96.6 Å². The van der Waals surface area contributed by atoms with Gasteiger partial charge in [0.05, 0.1) is 17.8 Å². The molecule has 0 aliphatic carbocycles. The molecule has 4 atom stereocenters. The minimum Gasteiger partial charge on any atom is -0.391 e. The van der Waals surface area contributed by atoms with Gasteiger partial charge in [-0.25, -0.2) is 4.98 Å². The van der Waals surface area contributed by atoms with Crippen molar-refractivity contribution in [1.82, 2.24) is 35.0 Å². The highest BCUT2D eigenvalue weighted by Gasteiger charge is 2.45. The van der Waals surface area contributed by atoms with Crippen LogP contribution in [0.5, 0.6) is 0 Å². The summed E-state index contributed by atoms with van der Waals surface area (Å²) < 4.78 is 7.53. The lowest BCUT2D eigenvalue weighted by Gasteiger charge is -2.37. The third-order valence-corrected chi connectivity index (χ3v) is 14.9. The van der Waals surface area contributed by atoms with Gasteiger partial charge in [0.15, 0.2) is 0 Å². The van der Waals surface area contributed by atoms with Gasteiger partial charge in [-0.1, -0.05) is 92.7 Å². The molecule has 0 spiro atoms. The number of likely N-dealkylation sites (tertiary alicyclic amines) is 1. The lowest BCUT2D eigenvalue weighted by atomic mass is 9.85. The number of hydrogen-bond donors (Lipinski definition) is 4. The highest BCUT2D eigenvalue weighted by atomic mass is 32.1. The zero-order valence-corrected chi connectivity index (χ0v) is 42.8. The Hall–Kier alpha value is -7.30. The van der Waals surface area contributed by atoms with Crippen molar-refractivity contribution in [2.24, 2.45) is 5.41 Å². The Bertz CT molecular complexity index is 3060. The summed E-state index contributed by atoms with van der Waals surface area (Å²) >= 11 is 1.68. The minimum absolute atomic E-state index is 0.0476. The van der Waals surface area contributed by atoms with E-state index in [-0.39, 0.29) is 30.8 Å². The maximum absolute atomic E-state index is 14.3. The number of nitrogens with one attached hydrogen (secondary N) is 3. The molecular weight excluding hydrogens is 927 g/mol. The van der Waals surface area contributed by atoms with Gasteiger partial charge in [0, 0.05) is 73.6 Å². The number of amides is 4. The molecule has 0 radical (unpaired) electrons. The number of imidazole rings is 1. The summed E-state index contributed by atoms with van der Waals surface area (Å²) in [6, 6.07) is 30.4. The molecule has 9 rings (SSSR count). The maximum Gasteiger partial charge on any atom is 0.246 e. The molecular formula is C56H63N9O6S. The number of aliphatic hydroxyl groups is 1. The van der Waals surface area contributed by atoms with Gasteiger partial charge >= 0.3 is 0 Å². The SMILES string of the molecule is Cc1ccsc1-c1ccc([C@H](C)NC(=O)[C@@H]2C[C@@H](O)CN2C(=O)[C@@H](NC(=O)CC(=O)N2CCN(c3ccc(-c4nc5cc(-c6c(C)noc6C)ccn5c4NCc4ccccc4)cc3)CC2)C(C)(C)C)cc1. The normalized spacial score (nSPS) is 17.0. The van der Waals surface area contributed by atoms with E-state index in [0.717, 1.165) is 67.7 Å². The van der Waals surface area contributed by atoms with E-state index in [1.165, 1.54) is 15.3 Å². The van der Waals surface area contributed by atoms with Crippen LogP contribution < -0.4 is 20.9 Å². The third kappa shape index (κ3) is 10.7. The van der Waals surface area contributed by atoms with E-state index >= 15 is 0 Å². The molecule has 2 fully saturated rings. The number of pyridine rings is 1. The van der Waals surface area contributed by atoms with Crippen molar-refractivity contribution >= 4 is 52.1 Å². The second kappa shape index (κ2) is 20.8. The van der Waals surface area contributed by atoms with Crippen LogP contribution in [0.3, 0.4) is 0 Å². The summed E-state index contributed by atoms with van der Waals surface area (Å²) in [5.41, 5.74) is 9.90. The number of β-amino-alcohol motifs (C(OH)–C–C–N with tert-alkyl or cyclic N) is 1. The van der Waals surface area contributed by atoms with E-state index in [4.69, 9.17) is 9.51 Å². The Morgan fingerprint density at radius 2 is 1.57 bits per heavy atom. The molecule has 4 amide bonds. The van der Waals surface area contributed by atoms with Gasteiger partial charge < -0.3 is 40.3 Å². The van der Waals surface area contributed by atoms with E-state index in [1.807, 2.05) is 90.2 Å². The molecule has 6 heterocycles. The molecule has 2 saturated heterocycles. The molecule has 4 aromatic heterocycles. The molecule has 0 unspecified atom stereocenters. The predicted molar refractivity (Wildman–Crippen MR) is 281 cm³/mol. The number of carbonyl (C=O) groups excluding carboxylic acids is 4. The van der Waals surface area contributed by atoms with E-state index < -0.39 is 41.8 Å². The van der Waals surface area contributed by atoms with Gasteiger partial charge in [-0.15, -0.1) is 11.3 Å². The number of aromatic nitrogens is 3. The first kappa shape index (κ1) is 49.7. The predicted octanol–water partition coefficient (Wildman–Crippen LogP) is 8.33. The second-order valence-corrected chi connectivity index (χ2v) is 21.0. The average molecular weight is 990 g/mol. The molecule has 16 heteroatoms. The highest BCUT2D eigenvalue weighted by Crippen LogP contribution is 2.35. The minimum atomic E-state index is -1.05. The molecule has 72 heavy (non-hydrogen) atoms. The van der Waals surface area contributed by atoms with Gasteiger partial charge in [-0.2, -0.15) is 0 Å². The average Bonchev–Trinajstić information content (AvgIpc) is 4.16. The van der Waals surface area contributed by atoms with Crippen LogP contribution in [-0.2, 0) is 25.7 Å². The fraction of sp³-hybridized carbons (Fsp3) is 0.357. The van der Waals surface area contributed by atoms with Gasteiger partial charge in [0.25, 0.3) is 0 Å². The molecule has 15 nitrogen and oxygen atoms in total. The van der Waals surface area contributed by atoms with E-state index in [1.54, 1.807) is 16.2 Å². The van der Waals surface area contributed by atoms with Gasteiger partial charge in [0.2, 0.25) is 23.6 Å². The van der Waals surface area contributed by atoms with Gasteiger partial charge in [0.1, 0.15) is 41.4 Å². The number of piperazine rings is 1. The van der Waals surface area contributed by atoms with Crippen LogP contribution in [0, 0.1) is 26.2 Å². The lowest BCUT2D eigenvalue weighted by Crippen LogP contribution is -2.58. The highest BCUT2D eigenvalue weighted by molar-refractivity contribution is 7.13. The zero-order chi connectivity index (χ0) is 50.8. The van der Waals surface area contributed by atoms with Crippen LogP contribution in [0.15, 0.2) is 113 Å². The monoisotopic (exact) mass is 989 g/mol. The number of thiophene rings is 1. The van der Waals surface area contributed by atoms with Gasteiger partial charge in [-0.3, -0.25) is 23.6 Å². The van der Waals surface area contributed by atoms with Crippen LogP contribution in [0.25, 0.3) is 38.5 Å². The van der Waals surface area contributed by atoms with E-state index in [9.17, 15) is 24.3 Å². The number of aliphatic hydroxyl groups excluding tert-OH is 1. The van der Waals surface area contributed by atoms with E-state index in [0.29, 0.717) is 32.7 Å². The Labute approximate surface area is 424 Å². The summed E-state index contributed by atoms with van der Waals surface area (Å²) in [6.07, 6.45) is 0.760. The fourth-order valence-corrected chi connectivity index (χ4v) is 10.8. The number of aryl methyl sites for hydroxylation is 3. The van der Waals surface area contributed by atoms with Crippen LogP contribution in [0.4, 0.5) is 11.5 Å². The van der Waals surface area contributed by atoms with Crippen molar-refractivity contribution in [1.29, 1.82) is 0 Å². The Morgan fingerprint density at radius 1 is 0.861 bits per heavy atom. The number of nitrogens with zero attached hydrogens (tertiary/aromatic N) is 6. The number of anilines is 2. The first-order valence-electron chi connectivity index (χ1n) is 24.6. The molecule has 2 aliphatic rings. The summed E-state index contributed by atoms with van der Waals surface area (Å²) in [7, 11) is 0. The van der Waals surface area contributed by atoms with Crippen molar-refractivity contribution in [2.45, 2.75) is 92.1 Å². The molecule has 0 bridgehead atoms. The summed E-state index contributed by atoms with van der Waals surface area (Å²) in [5, 5.41) is 26.5. The summed E-state index contributed by atoms with van der Waals surface area (Å²) in [5.74, 6) is -0.147. The molecule has 374 valence electrons. The molecule has 7 aromatic rings. The molecule has 0 saturated carbocycles. The zero-order valence-electron chi connectivity index (χ0n) is 41.9. The van der Waals surface area contributed by atoms with Crippen molar-refractivity contribution in [2.75, 3.05) is 42.9 Å². The summed E-state index contributed by atoms with van der Waals surface area (Å²) in [6.45, 7) is 15.8. The van der Waals surface area contributed by atoms with Crippen molar-refractivity contribution in [3.05, 3.63) is 137 Å². The number of hydrogen-bond acceptors (Lipinski definition) is 11. The standard InChI is InChI=1S/C56H63N9O6S/c1-34-22-28-72-51(34)41-15-13-39(14-16-41)35(2)58-54(69)45-30-44(66)33-65(45)55(70)52(56(5,6)7)60-47(67)31-48(68)63-26-24-62(25-27-63)43-19-17-40(18-20-43)50-53(57-32-38-11-9-8-10-12-38)64-23-21-42(29-46(64)59-50)49-36(3)61-71-37(49)4/h8-23,28-29,35,44-45,52,57,66H,24-27,30-33H2,1-7H3,(H,58,69)(H,60,67)/t35-,44+,45-,52+/m0/s1. The number of fused-ring (bicyclic) bond motifs is 1. The largest absolute Gasteiger partial charge is 0.391 e. The third-order valence-electron chi connectivity index (χ3n) is 13.9. The van der Waals surface area contributed by atoms with Crippen molar-refractivity contribution in [3.8, 4) is 32.8 Å². The van der Waals surface area contributed by atoms with E-state index in [2.05, 4.69) is 97.3 Å². The lowest BCUT2D eigenvalue weighted by molar-refractivity contribution is -0.145. The Kier molecular flexibility index (Phi) is 14.4. The second-order valence-electron chi connectivity index (χ2n) is 20.1. The molecule has 2 aliphatic heterocycles. The fourth-order valence-electron chi connectivity index (χ4n) is 9.86. The Balaban J connectivity index is 0.809. The molecule has 4 N–H and O–H groups in total.